The number of rotatable bonds is 3. The average molecular weight is 309 g/mol. The Bertz CT molecular complexity index is 613. The molecule has 0 saturated carbocycles. The van der Waals surface area contributed by atoms with Crippen molar-refractivity contribution >= 4 is 23.6 Å². The standard InChI is InChI=1S/C15H17ClN2O3/c1-4-21-14(19)13-9(2)12(17-15(20)18(13)3)10-7-5-6-8-11(10)16/h5-8,12H,4H2,1-3H3,(H,17,20). The molecule has 1 aliphatic rings. The summed E-state index contributed by atoms with van der Waals surface area (Å²) in [7, 11) is 1.54. The first kappa shape index (κ1) is 15.4. The molecule has 1 N–H and O–H groups in total. The molecular weight excluding hydrogens is 292 g/mol. The van der Waals surface area contributed by atoms with Crippen molar-refractivity contribution in [1.29, 1.82) is 0 Å². The number of carbonyl (C=O) groups is 2. The highest BCUT2D eigenvalue weighted by molar-refractivity contribution is 6.31. The third-order valence-electron chi connectivity index (χ3n) is 3.40. The second kappa shape index (κ2) is 6.18. The number of nitrogens with one attached hydrogen (secondary N) is 1. The molecule has 1 aromatic rings. The van der Waals surface area contributed by atoms with Crippen molar-refractivity contribution in [2.24, 2.45) is 0 Å². The largest absolute Gasteiger partial charge is 0.461 e. The van der Waals surface area contributed by atoms with Crippen LogP contribution in [-0.4, -0.2) is 30.6 Å². The fourth-order valence-electron chi connectivity index (χ4n) is 2.35. The molecule has 0 aromatic heterocycles. The molecule has 2 rings (SSSR count). The third-order valence-corrected chi connectivity index (χ3v) is 3.74. The summed E-state index contributed by atoms with van der Waals surface area (Å²) in [6.07, 6.45) is 0. The Hall–Kier alpha value is -2.01. The molecule has 2 amide bonds. The Labute approximate surface area is 128 Å². The van der Waals surface area contributed by atoms with Gasteiger partial charge in [0, 0.05) is 12.1 Å². The third kappa shape index (κ3) is 2.88. The van der Waals surface area contributed by atoms with Gasteiger partial charge in [0.1, 0.15) is 5.70 Å². The van der Waals surface area contributed by atoms with Crippen LogP contribution in [0.3, 0.4) is 0 Å². The van der Waals surface area contributed by atoms with Crippen LogP contribution in [0.5, 0.6) is 0 Å². The van der Waals surface area contributed by atoms with E-state index in [0.717, 1.165) is 5.56 Å². The summed E-state index contributed by atoms with van der Waals surface area (Å²) < 4.78 is 5.03. The zero-order valence-electron chi connectivity index (χ0n) is 12.1. The van der Waals surface area contributed by atoms with Gasteiger partial charge in [-0.3, -0.25) is 4.90 Å². The van der Waals surface area contributed by atoms with Gasteiger partial charge in [-0.05, 0) is 31.1 Å². The van der Waals surface area contributed by atoms with E-state index >= 15 is 0 Å². The van der Waals surface area contributed by atoms with Crippen LogP contribution in [0.1, 0.15) is 25.5 Å². The Morgan fingerprint density at radius 3 is 2.71 bits per heavy atom. The number of esters is 1. The summed E-state index contributed by atoms with van der Waals surface area (Å²) in [4.78, 5) is 25.4. The lowest BCUT2D eigenvalue weighted by molar-refractivity contribution is -0.140. The number of urea groups is 1. The summed E-state index contributed by atoms with van der Waals surface area (Å²) in [5.41, 5.74) is 1.70. The van der Waals surface area contributed by atoms with E-state index in [4.69, 9.17) is 16.3 Å². The smallest absolute Gasteiger partial charge is 0.355 e. The van der Waals surface area contributed by atoms with Crippen LogP contribution in [0.4, 0.5) is 4.79 Å². The van der Waals surface area contributed by atoms with Crippen molar-refractivity contribution in [3.05, 3.63) is 46.1 Å². The van der Waals surface area contributed by atoms with Gasteiger partial charge in [0.2, 0.25) is 0 Å². The van der Waals surface area contributed by atoms with E-state index in [1.165, 1.54) is 11.9 Å². The van der Waals surface area contributed by atoms with Gasteiger partial charge in [0.05, 0.1) is 12.6 Å². The Balaban J connectivity index is 2.50. The van der Waals surface area contributed by atoms with Crippen LogP contribution in [0.25, 0.3) is 0 Å². The Morgan fingerprint density at radius 1 is 1.43 bits per heavy atom. The minimum Gasteiger partial charge on any atom is -0.461 e. The maximum Gasteiger partial charge on any atom is 0.355 e. The van der Waals surface area contributed by atoms with Gasteiger partial charge in [-0.2, -0.15) is 0 Å². The second-order valence-electron chi connectivity index (χ2n) is 4.72. The molecule has 112 valence electrons. The number of hydrogen-bond donors (Lipinski definition) is 1. The van der Waals surface area contributed by atoms with Gasteiger partial charge >= 0.3 is 12.0 Å². The van der Waals surface area contributed by atoms with E-state index in [1.807, 2.05) is 18.2 Å². The molecule has 6 heteroatoms. The quantitative estimate of drug-likeness (QED) is 0.874. The van der Waals surface area contributed by atoms with Crippen molar-refractivity contribution in [1.82, 2.24) is 10.2 Å². The van der Waals surface area contributed by atoms with E-state index in [0.29, 0.717) is 10.6 Å². The fraction of sp³-hybridized carbons (Fsp3) is 0.333. The highest BCUT2D eigenvalue weighted by atomic mass is 35.5. The summed E-state index contributed by atoms with van der Waals surface area (Å²) in [6, 6.07) is 6.41. The SMILES string of the molecule is CCOC(=O)C1=C(C)C(c2ccccc2Cl)NC(=O)N1C. The number of carbonyl (C=O) groups excluding carboxylic acids is 2. The van der Waals surface area contributed by atoms with Crippen LogP contribution in [-0.2, 0) is 9.53 Å². The number of likely N-dealkylation sites (N-methyl/N-ethyl adjacent to an activating group) is 1. The van der Waals surface area contributed by atoms with Crippen molar-refractivity contribution in [2.45, 2.75) is 19.9 Å². The molecule has 21 heavy (non-hydrogen) atoms. The molecule has 1 unspecified atom stereocenters. The van der Waals surface area contributed by atoms with E-state index < -0.39 is 12.0 Å². The number of nitrogens with zero attached hydrogens (tertiary/aromatic N) is 1. The highest BCUT2D eigenvalue weighted by Gasteiger charge is 2.34. The molecule has 1 aliphatic heterocycles. The monoisotopic (exact) mass is 308 g/mol. The molecular formula is C15H17ClN2O3. The maximum atomic E-state index is 12.1. The summed E-state index contributed by atoms with van der Waals surface area (Å²) in [6.45, 7) is 3.76. The van der Waals surface area contributed by atoms with Gasteiger partial charge in [0.15, 0.2) is 0 Å². The fourth-order valence-corrected chi connectivity index (χ4v) is 2.59. The first-order valence-corrected chi connectivity index (χ1v) is 7.01. The van der Waals surface area contributed by atoms with Crippen molar-refractivity contribution in [2.75, 3.05) is 13.7 Å². The minimum atomic E-state index is -0.510. The molecule has 1 aromatic carbocycles. The first-order chi connectivity index (χ1) is 9.97. The number of halogens is 1. The van der Waals surface area contributed by atoms with E-state index in [9.17, 15) is 9.59 Å². The molecule has 0 aliphatic carbocycles. The van der Waals surface area contributed by atoms with Gasteiger partial charge < -0.3 is 10.1 Å². The average Bonchev–Trinajstić information content (AvgIpc) is 2.44. The lowest BCUT2D eigenvalue weighted by Gasteiger charge is -2.33. The highest BCUT2D eigenvalue weighted by Crippen LogP contribution is 2.33. The lowest BCUT2D eigenvalue weighted by Crippen LogP contribution is -2.46. The molecule has 0 spiro atoms. The molecule has 5 nitrogen and oxygen atoms in total. The summed E-state index contributed by atoms with van der Waals surface area (Å²) in [5, 5.41) is 3.37. The first-order valence-electron chi connectivity index (χ1n) is 6.63. The van der Waals surface area contributed by atoms with E-state index in [1.54, 1.807) is 19.9 Å². The van der Waals surface area contributed by atoms with Crippen molar-refractivity contribution in [3.63, 3.8) is 0 Å². The predicted molar refractivity (Wildman–Crippen MR) is 79.8 cm³/mol. The zero-order valence-corrected chi connectivity index (χ0v) is 12.9. The molecule has 0 saturated heterocycles. The maximum absolute atomic E-state index is 12.1. The lowest BCUT2D eigenvalue weighted by atomic mass is 9.96. The van der Waals surface area contributed by atoms with Crippen LogP contribution in [0.2, 0.25) is 5.02 Å². The summed E-state index contributed by atoms with van der Waals surface area (Å²) in [5.74, 6) is -0.510. The van der Waals surface area contributed by atoms with Crippen LogP contribution >= 0.6 is 11.6 Å². The summed E-state index contributed by atoms with van der Waals surface area (Å²) >= 11 is 6.19. The van der Waals surface area contributed by atoms with Gasteiger partial charge in [-0.25, -0.2) is 9.59 Å². The topological polar surface area (TPSA) is 58.6 Å². The second-order valence-corrected chi connectivity index (χ2v) is 5.12. The Morgan fingerprint density at radius 2 is 2.10 bits per heavy atom. The van der Waals surface area contributed by atoms with E-state index in [2.05, 4.69) is 5.32 Å². The van der Waals surface area contributed by atoms with Crippen molar-refractivity contribution in [3.8, 4) is 0 Å². The van der Waals surface area contributed by atoms with Crippen LogP contribution in [0, 0.1) is 0 Å². The van der Waals surface area contributed by atoms with Crippen molar-refractivity contribution < 1.29 is 14.3 Å². The minimum absolute atomic E-state index is 0.252. The molecule has 0 radical (unpaired) electrons. The molecule has 1 heterocycles. The predicted octanol–water partition coefficient (Wildman–Crippen LogP) is 2.87. The molecule has 0 fully saturated rings. The normalized spacial score (nSPS) is 18.6. The van der Waals surface area contributed by atoms with Crippen LogP contribution in [0.15, 0.2) is 35.5 Å². The van der Waals surface area contributed by atoms with Gasteiger partial charge in [-0.1, -0.05) is 29.8 Å². The number of hydrogen-bond acceptors (Lipinski definition) is 3. The number of amides is 2. The van der Waals surface area contributed by atoms with Crippen LogP contribution < -0.4 is 5.32 Å². The number of ether oxygens (including phenoxy) is 1. The number of benzene rings is 1. The van der Waals surface area contributed by atoms with Gasteiger partial charge in [-0.15, -0.1) is 0 Å². The van der Waals surface area contributed by atoms with E-state index in [-0.39, 0.29) is 18.3 Å². The van der Waals surface area contributed by atoms with Gasteiger partial charge in [0.25, 0.3) is 0 Å². The zero-order chi connectivity index (χ0) is 15.6. The molecule has 1 atom stereocenters. The Kier molecular flexibility index (Phi) is 4.53. The molecule has 0 bridgehead atoms.